The highest BCUT2D eigenvalue weighted by atomic mass is 32.1. The van der Waals surface area contributed by atoms with Gasteiger partial charge in [0, 0.05) is 31.1 Å². The number of amides is 1. The van der Waals surface area contributed by atoms with E-state index in [1.54, 1.807) is 42.6 Å². The van der Waals surface area contributed by atoms with Crippen molar-refractivity contribution in [1.82, 2.24) is 9.88 Å². The SMILES string of the molecule is CNc1nc(C(=O)N(CCc2ccc(OC)cc2)Cc2ccccc2F)cs1. The van der Waals surface area contributed by atoms with Crippen molar-refractivity contribution in [3.05, 3.63) is 76.5 Å². The number of thiazole rings is 1. The Morgan fingerprint density at radius 1 is 1.21 bits per heavy atom. The van der Waals surface area contributed by atoms with E-state index in [9.17, 15) is 9.18 Å². The summed E-state index contributed by atoms with van der Waals surface area (Å²) in [5.41, 5.74) is 1.91. The summed E-state index contributed by atoms with van der Waals surface area (Å²) < 4.78 is 19.3. The van der Waals surface area contributed by atoms with Crippen LogP contribution in [0.4, 0.5) is 9.52 Å². The topological polar surface area (TPSA) is 54.5 Å². The summed E-state index contributed by atoms with van der Waals surface area (Å²) in [6.07, 6.45) is 0.646. The highest BCUT2D eigenvalue weighted by Gasteiger charge is 2.20. The molecule has 0 saturated carbocycles. The number of methoxy groups -OCH3 is 1. The molecule has 0 atom stereocenters. The van der Waals surface area contributed by atoms with Crippen LogP contribution in [0.3, 0.4) is 0 Å². The van der Waals surface area contributed by atoms with Crippen LogP contribution in [0.25, 0.3) is 0 Å². The fraction of sp³-hybridized carbons (Fsp3) is 0.238. The zero-order chi connectivity index (χ0) is 19.9. The quantitative estimate of drug-likeness (QED) is 0.616. The Morgan fingerprint density at radius 3 is 2.61 bits per heavy atom. The van der Waals surface area contributed by atoms with Crippen molar-refractivity contribution in [2.75, 3.05) is 26.0 Å². The summed E-state index contributed by atoms with van der Waals surface area (Å²) in [7, 11) is 3.38. The minimum atomic E-state index is -0.320. The van der Waals surface area contributed by atoms with Crippen molar-refractivity contribution in [3.8, 4) is 5.75 Å². The van der Waals surface area contributed by atoms with Crippen LogP contribution in [0.15, 0.2) is 53.9 Å². The van der Waals surface area contributed by atoms with Crippen molar-refractivity contribution in [3.63, 3.8) is 0 Å². The molecule has 0 fully saturated rings. The average Bonchev–Trinajstić information content (AvgIpc) is 3.21. The molecule has 0 unspecified atom stereocenters. The van der Waals surface area contributed by atoms with Gasteiger partial charge in [0.2, 0.25) is 0 Å². The number of carbonyl (C=O) groups is 1. The number of nitrogens with one attached hydrogen (secondary N) is 1. The summed E-state index contributed by atoms with van der Waals surface area (Å²) >= 11 is 1.37. The smallest absolute Gasteiger partial charge is 0.273 e. The molecule has 0 bridgehead atoms. The number of ether oxygens (including phenoxy) is 1. The predicted octanol–water partition coefficient (Wildman–Crippen LogP) is 4.22. The Balaban J connectivity index is 1.78. The van der Waals surface area contributed by atoms with Gasteiger partial charge in [0.25, 0.3) is 5.91 Å². The normalized spacial score (nSPS) is 10.5. The number of anilines is 1. The third-order valence-corrected chi connectivity index (χ3v) is 5.23. The van der Waals surface area contributed by atoms with Gasteiger partial charge in [0.05, 0.1) is 7.11 Å². The van der Waals surface area contributed by atoms with Crippen molar-refractivity contribution in [2.45, 2.75) is 13.0 Å². The van der Waals surface area contributed by atoms with Crippen LogP contribution in [-0.2, 0) is 13.0 Å². The molecule has 7 heteroatoms. The summed E-state index contributed by atoms with van der Waals surface area (Å²) in [6.45, 7) is 0.639. The number of aromatic nitrogens is 1. The van der Waals surface area contributed by atoms with Crippen LogP contribution in [0, 0.1) is 5.82 Å². The molecule has 1 amide bonds. The first-order chi connectivity index (χ1) is 13.6. The first-order valence-electron chi connectivity index (χ1n) is 8.89. The molecule has 28 heavy (non-hydrogen) atoms. The lowest BCUT2D eigenvalue weighted by atomic mass is 10.1. The van der Waals surface area contributed by atoms with E-state index < -0.39 is 0 Å². The van der Waals surface area contributed by atoms with Crippen molar-refractivity contribution in [2.24, 2.45) is 0 Å². The lowest BCUT2D eigenvalue weighted by Crippen LogP contribution is -2.33. The van der Waals surface area contributed by atoms with Crippen molar-refractivity contribution >= 4 is 22.4 Å². The molecule has 1 aromatic heterocycles. The van der Waals surface area contributed by atoms with E-state index in [0.717, 1.165) is 11.3 Å². The second kappa shape index (κ2) is 9.32. The summed E-state index contributed by atoms with van der Waals surface area (Å²) in [5, 5.41) is 5.32. The van der Waals surface area contributed by atoms with E-state index >= 15 is 0 Å². The number of benzene rings is 2. The molecule has 3 aromatic rings. The van der Waals surface area contributed by atoms with Crippen molar-refractivity contribution < 1.29 is 13.9 Å². The Bertz CT molecular complexity index is 927. The highest BCUT2D eigenvalue weighted by Crippen LogP contribution is 2.19. The van der Waals surface area contributed by atoms with E-state index in [-0.39, 0.29) is 18.3 Å². The minimum absolute atomic E-state index is 0.189. The average molecular weight is 399 g/mol. The van der Waals surface area contributed by atoms with Gasteiger partial charge >= 0.3 is 0 Å². The van der Waals surface area contributed by atoms with Gasteiger partial charge in [-0.2, -0.15) is 0 Å². The molecule has 1 N–H and O–H groups in total. The molecule has 5 nitrogen and oxygen atoms in total. The molecule has 0 radical (unpaired) electrons. The van der Waals surface area contributed by atoms with Crippen molar-refractivity contribution in [1.29, 1.82) is 0 Å². The molecule has 0 aliphatic carbocycles. The maximum absolute atomic E-state index is 14.1. The molecule has 0 aliphatic heterocycles. The van der Waals surface area contributed by atoms with Gasteiger partial charge in [-0.15, -0.1) is 11.3 Å². The molecule has 0 saturated heterocycles. The van der Waals surface area contributed by atoms with E-state index in [1.165, 1.54) is 17.4 Å². The van der Waals surface area contributed by atoms with Crippen LogP contribution >= 0.6 is 11.3 Å². The number of nitrogens with zero attached hydrogens (tertiary/aromatic N) is 2. The van der Waals surface area contributed by atoms with E-state index in [4.69, 9.17) is 4.74 Å². The van der Waals surface area contributed by atoms with Gasteiger partial charge in [0.1, 0.15) is 17.3 Å². The molecular formula is C21H22FN3O2S. The Labute approximate surface area is 167 Å². The zero-order valence-corrected chi connectivity index (χ0v) is 16.6. The zero-order valence-electron chi connectivity index (χ0n) is 15.8. The number of hydrogen-bond donors (Lipinski definition) is 1. The number of carbonyl (C=O) groups excluding carboxylic acids is 1. The summed E-state index contributed by atoms with van der Waals surface area (Å²) in [5.74, 6) is 0.249. The van der Waals surface area contributed by atoms with Crippen LogP contribution in [0.2, 0.25) is 0 Å². The second-order valence-corrected chi connectivity index (χ2v) is 7.06. The van der Waals surface area contributed by atoms with E-state index in [0.29, 0.717) is 29.4 Å². The van der Waals surface area contributed by atoms with Gasteiger partial charge in [-0.05, 0) is 30.2 Å². The van der Waals surface area contributed by atoms with Crippen LogP contribution < -0.4 is 10.1 Å². The molecule has 0 aliphatic rings. The number of halogens is 1. The van der Waals surface area contributed by atoms with Gasteiger partial charge < -0.3 is 15.0 Å². The third kappa shape index (κ3) is 4.86. The first-order valence-corrected chi connectivity index (χ1v) is 9.77. The van der Waals surface area contributed by atoms with E-state index in [1.807, 2.05) is 24.3 Å². The first kappa shape index (κ1) is 19.8. The lowest BCUT2D eigenvalue weighted by molar-refractivity contribution is 0.0738. The van der Waals surface area contributed by atoms with Crippen LogP contribution in [0.5, 0.6) is 5.75 Å². The Kier molecular flexibility index (Phi) is 6.60. The van der Waals surface area contributed by atoms with Crippen LogP contribution in [-0.4, -0.2) is 36.5 Å². The van der Waals surface area contributed by atoms with E-state index in [2.05, 4.69) is 10.3 Å². The minimum Gasteiger partial charge on any atom is -0.497 e. The molecule has 1 heterocycles. The largest absolute Gasteiger partial charge is 0.497 e. The molecule has 0 spiro atoms. The standard InChI is InChI=1S/C21H22FN3O2S/c1-23-21-24-19(14-28-21)20(26)25(13-16-5-3-4-6-18(16)22)12-11-15-7-9-17(27-2)10-8-15/h3-10,14H,11-13H2,1-2H3,(H,23,24). The van der Waals surface area contributed by atoms with Gasteiger partial charge in [0.15, 0.2) is 5.13 Å². The predicted molar refractivity (Wildman–Crippen MR) is 109 cm³/mol. The van der Waals surface area contributed by atoms with Crippen LogP contribution in [0.1, 0.15) is 21.6 Å². The maximum Gasteiger partial charge on any atom is 0.273 e. The molecule has 146 valence electrons. The van der Waals surface area contributed by atoms with Gasteiger partial charge in [-0.1, -0.05) is 30.3 Å². The molecular weight excluding hydrogens is 377 g/mol. The Hall–Kier alpha value is -2.93. The fourth-order valence-corrected chi connectivity index (χ4v) is 3.44. The highest BCUT2D eigenvalue weighted by molar-refractivity contribution is 7.13. The maximum atomic E-state index is 14.1. The number of hydrogen-bond acceptors (Lipinski definition) is 5. The fourth-order valence-electron chi connectivity index (χ4n) is 2.79. The van der Waals surface area contributed by atoms with Gasteiger partial charge in [-0.3, -0.25) is 4.79 Å². The summed E-state index contributed by atoms with van der Waals surface area (Å²) in [4.78, 5) is 18.9. The molecule has 2 aromatic carbocycles. The lowest BCUT2D eigenvalue weighted by Gasteiger charge is -2.22. The molecule has 3 rings (SSSR count). The monoisotopic (exact) mass is 399 g/mol. The second-order valence-electron chi connectivity index (χ2n) is 6.20. The van der Waals surface area contributed by atoms with Gasteiger partial charge in [-0.25, -0.2) is 9.37 Å². The third-order valence-electron chi connectivity index (χ3n) is 4.37. The summed E-state index contributed by atoms with van der Waals surface area (Å²) in [6, 6.07) is 14.2. The Morgan fingerprint density at radius 2 is 1.96 bits per heavy atom. The number of rotatable bonds is 8.